The molecule has 2 heterocycles. The summed E-state index contributed by atoms with van der Waals surface area (Å²) in [4.78, 5) is 15.5. The van der Waals surface area contributed by atoms with Crippen LogP contribution in [0.3, 0.4) is 0 Å². The lowest BCUT2D eigenvalue weighted by atomic mass is 10.2. The van der Waals surface area contributed by atoms with Crippen LogP contribution in [0.1, 0.15) is 19.0 Å². The molecule has 1 N–H and O–H groups in total. The molecule has 0 radical (unpaired) electrons. The van der Waals surface area contributed by atoms with E-state index in [1.807, 2.05) is 12.1 Å². The molecule has 16 heavy (non-hydrogen) atoms. The summed E-state index contributed by atoms with van der Waals surface area (Å²) in [5.74, 6) is 0.707. The van der Waals surface area contributed by atoms with Gasteiger partial charge in [-0.05, 0) is 18.6 Å². The van der Waals surface area contributed by atoms with E-state index < -0.39 is 0 Å². The van der Waals surface area contributed by atoms with E-state index in [1.54, 1.807) is 6.20 Å². The molecule has 82 valence electrons. The first-order valence-electron chi connectivity index (χ1n) is 5.16. The fraction of sp³-hybridized carbons (Fsp3) is 0.273. The second-order valence-electron chi connectivity index (χ2n) is 3.44. The molecule has 0 unspecified atom stereocenters. The van der Waals surface area contributed by atoms with Gasteiger partial charge in [0.25, 0.3) is 0 Å². The van der Waals surface area contributed by atoms with Gasteiger partial charge in [-0.25, -0.2) is 15.0 Å². The van der Waals surface area contributed by atoms with Gasteiger partial charge < -0.3 is 4.98 Å². The molecule has 0 aliphatic rings. The average molecular weight is 232 g/mol. The molecule has 0 bridgehead atoms. The van der Waals surface area contributed by atoms with Crippen molar-refractivity contribution in [3.63, 3.8) is 0 Å². The summed E-state index contributed by atoms with van der Waals surface area (Å²) in [5, 5.41) is 0. The zero-order valence-corrected chi connectivity index (χ0v) is 9.79. The molecule has 2 aromatic rings. The van der Waals surface area contributed by atoms with Crippen molar-refractivity contribution in [3.05, 3.63) is 35.0 Å². The zero-order chi connectivity index (χ0) is 11.4. The summed E-state index contributed by atoms with van der Waals surface area (Å²) in [5.41, 5.74) is 1.86. The summed E-state index contributed by atoms with van der Waals surface area (Å²) in [7, 11) is 0. The molecule has 0 fully saturated rings. The standard InChI is InChI=1S/C11H12N4S/c1-2-3-8-6-10(16)15-11(14-8)9-4-5-12-7-13-9/h4-7H,2-3H2,1H3,(H,14,15,16). The Morgan fingerprint density at radius 3 is 3.00 bits per heavy atom. The molecular weight excluding hydrogens is 220 g/mol. The van der Waals surface area contributed by atoms with Gasteiger partial charge >= 0.3 is 0 Å². The quantitative estimate of drug-likeness (QED) is 0.826. The van der Waals surface area contributed by atoms with Gasteiger partial charge in [-0.3, -0.25) is 0 Å². The Morgan fingerprint density at radius 1 is 1.44 bits per heavy atom. The number of hydrogen-bond acceptors (Lipinski definition) is 4. The highest BCUT2D eigenvalue weighted by molar-refractivity contribution is 7.71. The number of rotatable bonds is 3. The van der Waals surface area contributed by atoms with Crippen molar-refractivity contribution in [3.8, 4) is 11.5 Å². The minimum atomic E-state index is 0.593. The average Bonchev–Trinajstić information content (AvgIpc) is 2.30. The second-order valence-corrected chi connectivity index (χ2v) is 3.86. The number of aromatic nitrogens is 4. The molecule has 0 aliphatic heterocycles. The van der Waals surface area contributed by atoms with Crippen molar-refractivity contribution in [1.82, 2.24) is 19.9 Å². The molecule has 0 spiro atoms. The molecule has 2 rings (SSSR count). The number of hydrogen-bond donors (Lipinski definition) is 1. The zero-order valence-electron chi connectivity index (χ0n) is 8.97. The summed E-state index contributed by atoms with van der Waals surface area (Å²) < 4.78 is 0.593. The maximum absolute atomic E-state index is 5.13. The molecule has 0 aliphatic carbocycles. The molecule has 0 amide bonds. The first-order chi connectivity index (χ1) is 7.79. The molecule has 0 atom stereocenters. The smallest absolute Gasteiger partial charge is 0.157 e. The van der Waals surface area contributed by atoms with Crippen LogP contribution in [-0.4, -0.2) is 19.9 Å². The minimum Gasteiger partial charge on any atom is -0.342 e. The summed E-state index contributed by atoms with van der Waals surface area (Å²) in [6.07, 6.45) is 5.22. The van der Waals surface area contributed by atoms with Crippen LogP contribution in [0.15, 0.2) is 24.7 Å². The number of nitrogens with one attached hydrogen (secondary N) is 1. The third kappa shape index (κ3) is 2.49. The number of nitrogens with zero attached hydrogens (tertiary/aromatic N) is 3. The Morgan fingerprint density at radius 2 is 2.31 bits per heavy atom. The van der Waals surface area contributed by atoms with Crippen LogP contribution in [0, 0.1) is 4.64 Å². The number of H-pyrrole nitrogens is 1. The maximum atomic E-state index is 5.13. The third-order valence-corrected chi connectivity index (χ3v) is 2.35. The first kappa shape index (κ1) is 10.9. The van der Waals surface area contributed by atoms with Crippen molar-refractivity contribution in [2.24, 2.45) is 0 Å². The monoisotopic (exact) mass is 232 g/mol. The van der Waals surface area contributed by atoms with Crippen molar-refractivity contribution in [2.75, 3.05) is 0 Å². The SMILES string of the molecule is CCCc1cc(=S)nc(-c2ccncn2)[nH]1. The maximum Gasteiger partial charge on any atom is 0.157 e. The van der Waals surface area contributed by atoms with Crippen LogP contribution >= 0.6 is 12.2 Å². The lowest BCUT2D eigenvalue weighted by Gasteiger charge is -2.03. The summed E-state index contributed by atoms with van der Waals surface area (Å²) in [6, 6.07) is 3.70. The molecule has 0 saturated carbocycles. The van der Waals surface area contributed by atoms with Crippen LogP contribution in [-0.2, 0) is 6.42 Å². The number of aryl methyl sites for hydroxylation is 1. The van der Waals surface area contributed by atoms with Crippen LogP contribution in [0.25, 0.3) is 11.5 Å². The van der Waals surface area contributed by atoms with Crippen LogP contribution in [0.2, 0.25) is 0 Å². The van der Waals surface area contributed by atoms with E-state index in [2.05, 4.69) is 26.9 Å². The molecule has 2 aromatic heterocycles. The van der Waals surface area contributed by atoms with Gasteiger partial charge in [0.2, 0.25) is 0 Å². The minimum absolute atomic E-state index is 0.593. The number of aromatic amines is 1. The van der Waals surface area contributed by atoms with Crippen molar-refractivity contribution >= 4 is 12.2 Å². The highest BCUT2D eigenvalue weighted by Gasteiger charge is 2.02. The van der Waals surface area contributed by atoms with Crippen LogP contribution in [0.5, 0.6) is 0 Å². The van der Waals surface area contributed by atoms with E-state index in [9.17, 15) is 0 Å². The predicted octanol–water partition coefficient (Wildman–Crippen LogP) is 2.55. The van der Waals surface area contributed by atoms with Gasteiger partial charge in [0, 0.05) is 11.9 Å². The molecule has 5 heteroatoms. The Kier molecular flexibility index (Phi) is 3.36. The van der Waals surface area contributed by atoms with Crippen LogP contribution < -0.4 is 0 Å². The van der Waals surface area contributed by atoms with E-state index in [0.29, 0.717) is 10.5 Å². The van der Waals surface area contributed by atoms with Gasteiger partial charge in [-0.2, -0.15) is 0 Å². The molecule has 4 nitrogen and oxygen atoms in total. The Bertz CT molecular complexity index is 521. The Hall–Kier alpha value is -1.62. The largest absolute Gasteiger partial charge is 0.342 e. The summed E-state index contributed by atoms with van der Waals surface area (Å²) >= 11 is 5.13. The van der Waals surface area contributed by atoms with Crippen molar-refractivity contribution in [2.45, 2.75) is 19.8 Å². The van der Waals surface area contributed by atoms with Crippen molar-refractivity contribution in [1.29, 1.82) is 0 Å². The highest BCUT2D eigenvalue weighted by Crippen LogP contribution is 2.11. The third-order valence-electron chi connectivity index (χ3n) is 2.14. The van der Waals surface area contributed by atoms with Gasteiger partial charge in [0.1, 0.15) is 16.7 Å². The summed E-state index contributed by atoms with van der Waals surface area (Å²) in [6.45, 7) is 2.13. The normalized spacial score (nSPS) is 10.3. The lowest BCUT2D eigenvalue weighted by molar-refractivity contribution is 0.871. The lowest BCUT2D eigenvalue weighted by Crippen LogP contribution is -1.97. The van der Waals surface area contributed by atoms with Crippen LogP contribution in [0.4, 0.5) is 0 Å². The van der Waals surface area contributed by atoms with Gasteiger partial charge in [-0.15, -0.1) is 0 Å². The topological polar surface area (TPSA) is 54.5 Å². The van der Waals surface area contributed by atoms with Gasteiger partial charge in [0.05, 0.1) is 0 Å². The van der Waals surface area contributed by atoms with E-state index in [0.717, 1.165) is 24.2 Å². The van der Waals surface area contributed by atoms with E-state index in [-0.39, 0.29) is 0 Å². The van der Waals surface area contributed by atoms with E-state index in [1.165, 1.54) is 6.33 Å². The fourth-order valence-corrected chi connectivity index (χ4v) is 1.70. The Labute approximate surface area is 98.8 Å². The predicted molar refractivity (Wildman–Crippen MR) is 64.4 cm³/mol. The van der Waals surface area contributed by atoms with E-state index in [4.69, 9.17) is 12.2 Å². The van der Waals surface area contributed by atoms with E-state index >= 15 is 0 Å². The molecule has 0 saturated heterocycles. The van der Waals surface area contributed by atoms with Gasteiger partial charge in [-0.1, -0.05) is 25.6 Å². The second kappa shape index (κ2) is 4.94. The fourth-order valence-electron chi connectivity index (χ4n) is 1.46. The van der Waals surface area contributed by atoms with Gasteiger partial charge in [0.15, 0.2) is 5.82 Å². The molecule has 0 aromatic carbocycles. The molecular formula is C11H12N4S. The van der Waals surface area contributed by atoms with Crippen molar-refractivity contribution < 1.29 is 0 Å². The Balaban J connectivity index is 2.45. The highest BCUT2D eigenvalue weighted by atomic mass is 32.1. The first-order valence-corrected chi connectivity index (χ1v) is 5.57.